The Morgan fingerprint density at radius 3 is 2.47 bits per heavy atom. The number of alkyl halides is 3. The average molecular weight is 275 g/mol. The normalized spacial score (nSPS) is 11.8. The van der Waals surface area contributed by atoms with E-state index in [9.17, 15) is 18.0 Å². The first-order chi connectivity index (χ1) is 8.71. The second-order valence-electron chi connectivity index (χ2n) is 3.77. The number of carbonyl (C=O) groups is 1. The van der Waals surface area contributed by atoms with Gasteiger partial charge in [-0.05, 0) is 6.92 Å². The highest BCUT2D eigenvalue weighted by Gasteiger charge is 2.41. The molecule has 0 saturated carbocycles. The number of carboxylic acids is 1. The summed E-state index contributed by atoms with van der Waals surface area (Å²) in [5, 5.41) is 12.5. The zero-order valence-electron chi connectivity index (χ0n) is 9.82. The summed E-state index contributed by atoms with van der Waals surface area (Å²) in [6.07, 6.45) is -3.64. The molecule has 0 aliphatic rings. The van der Waals surface area contributed by atoms with E-state index in [0.717, 1.165) is 0 Å². The fourth-order valence-corrected chi connectivity index (χ4v) is 1.48. The highest BCUT2D eigenvalue weighted by atomic mass is 19.4. The van der Waals surface area contributed by atoms with Crippen LogP contribution in [0.4, 0.5) is 13.2 Å². The summed E-state index contributed by atoms with van der Waals surface area (Å²) < 4.78 is 44.0. The van der Waals surface area contributed by atoms with Crippen molar-refractivity contribution in [2.45, 2.75) is 13.1 Å². The molecule has 0 aromatic carbocycles. The summed E-state index contributed by atoms with van der Waals surface area (Å²) in [6, 6.07) is 0. The lowest BCUT2D eigenvalue weighted by atomic mass is 10.2. The number of aromatic carboxylic acids is 1. The second-order valence-corrected chi connectivity index (χ2v) is 3.77. The van der Waals surface area contributed by atoms with Crippen LogP contribution < -0.4 is 0 Å². The first-order valence-corrected chi connectivity index (χ1v) is 5.02. The zero-order valence-corrected chi connectivity index (χ0v) is 9.82. The second kappa shape index (κ2) is 4.11. The number of oxazole rings is 1. The Morgan fingerprint density at radius 1 is 1.47 bits per heavy atom. The van der Waals surface area contributed by atoms with Gasteiger partial charge in [0.2, 0.25) is 11.7 Å². The molecule has 0 amide bonds. The fraction of sp³-hybridized carbons (Fsp3) is 0.300. The highest BCUT2D eigenvalue weighted by Crippen LogP contribution is 2.34. The summed E-state index contributed by atoms with van der Waals surface area (Å²) in [5.41, 5.74) is -0.842. The Bertz CT molecular complexity index is 642. The maximum atomic E-state index is 12.6. The topological polar surface area (TPSA) is 81.2 Å². The van der Waals surface area contributed by atoms with Gasteiger partial charge in [-0.1, -0.05) is 0 Å². The lowest BCUT2D eigenvalue weighted by Crippen LogP contribution is -2.11. The highest BCUT2D eigenvalue weighted by molar-refractivity contribution is 5.86. The van der Waals surface area contributed by atoms with E-state index < -0.39 is 29.5 Å². The van der Waals surface area contributed by atoms with E-state index in [0.29, 0.717) is 5.69 Å². The molecule has 0 atom stereocenters. The van der Waals surface area contributed by atoms with Crippen LogP contribution in [0.15, 0.2) is 10.6 Å². The molecule has 9 heteroatoms. The van der Waals surface area contributed by atoms with Crippen LogP contribution in [0.1, 0.15) is 21.9 Å². The van der Waals surface area contributed by atoms with Crippen molar-refractivity contribution in [2.24, 2.45) is 7.05 Å². The molecule has 0 bridgehead atoms. The van der Waals surface area contributed by atoms with E-state index in [2.05, 4.69) is 10.1 Å². The van der Waals surface area contributed by atoms with Gasteiger partial charge in [0.05, 0.1) is 11.8 Å². The van der Waals surface area contributed by atoms with Gasteiger partial charge in [0.1, 0.15) is 0 Å². The number of carboxylic acid groups (broad SMARTS) is 1. The smallest absolute Gasteiger partial charge is 0.437 e. The van der Waals surface area contributed by atoms with Gasteiger partial charge in [-0.2, -0.15) is 18.3 Å². The van der Waals surface area contributed by atoms with Gasteiger partial charge in [-0.3, -0.25) is 4.68 Å². The minimum absolute atomic E-state index is 0.209. The van der Waals surface area contributed by atoms with Gasteiger partial charge < -0.3 is 9.52 Å². The number of halogens is 3. The monoisotopic (exact) mass is 275 g/mol. The Hall–Kier alpha value is -2.32. The molecular formula is C10H8F3N3O3. The largest absolute Gasteiger partial charge is 0.475 e. The molecule has 2 heterocycles. The molecule has 19 heavy (non-hydrogen) atoms. The maximum absolute atomic E-state index is 12.6. The van der Waals surface area contributed by atoms with Crippen LogP contribution in [0.2, 0.25) is 0 Å². The van der Waals surface area contributed by atoms with Crippen LogP contribution >= 0.6 is 0 Å². The van der Waals surface area contributed by atoms with Gasteiger partial charge in [-0.25, -0.2) is 9.78 Å². The molecule has 2 aromatic rings. The van der Waals surface area contributed by atoms with Crippen molar-refractivity contribution in [3.8, 4) is 11.5 Å². The molecule has 0 saturated heterocycles. The third-order valence-electron chi connectivity index (χ3n) is 2.56. The number of hydrogen-bond acceptors (Lipinski definition) is 4. The van der Waals surface area contributed by atoms with E-state index in [4.69, 9.17) is 9.52 Å². The molecule has 2 aromatic heterocycles. The van der Waals surface area contributed by atoms with Crippen molar-refractivity contribution < 1.29 is 27.5 Å². The van der Waals surface area contributed by atoms with E-state index in [1.54, 1.807) is 14.0 Å². The lowest BCUT2D eigenvalue weighted by molar-refractivity contribution is -0.141. The molecule has 0 aliphatic heterocycles. The van der Waals surface area contributed by atoms with Crippen LogP contribution in [-0.4, -0.2) is 25.8 Å². The summed E-state index contributed by atoms with van der Waals surface area (Å²) >= 11 is 0. The number of aryl methyl sites for hydroxylation is 1. The standard InChI is InChI=1S/C10H8F3N3O3/c1-4-5(3-14-16(4)2)8-15-7(10(11,12)13)6(19-8)9(17)18/h3H,1-2H3,(H,17,18). The summed E-state index contributed by atoms with van der Waals surface area (Å²) in [4.78, 5) is 14.0. The fourth-order valence-electron chi connectivity index (χ4n) is 1.48. The molecule has 102 valence electrons. The van der Waals surface area contributed by atoms with Gasteiger partial charge in [0.15, 0.2) is 5.69 Å². The molecule has 2 rings (SSSR count). The van der Waals surface area contributed by atoms with Gasteiger partial charge in [0, 0.05) is 12.7 Å². The Kier molecular flexibility index (Phi) is 2.84. The molecule has 0 aliphatic carbocycles. The number of aromatic nitrogens is 3. The first kappa shape index (κ1) is 13.1. The number of rotatable bonds is 2. The average Bonchev–Trinajstić information content (AvgIpc) is 2.84. The zero-order chi connectivity index (χ0) is 14.4. The third-order valence-corrected chi connectivity index (χ3v) is 2.56. The predicted molar refractivity (Wildman–Crippen MR) is 55.4 cm³/mol. The Labute approximate surface area is 104 Å². The molecule has 0 fully saturated rings. The molecule has 0 spiro atoms. The van der Waals surface area contributed by atoms with Crippen molar-refractivity contribution in [3.63, 3.8) is 0 Å². The van der Waals surface area contributed by atoms with Crippen molar-refractivity contribution in [3.05, 3.63) is 23.3 Å². The van der Waals surface area contributed by atoms with Gasteiger partial charge in [0.25, 0.3) is 0 Å². The molecule has 0 radical (unpaired) electrons. The van der Waals surface area contributed by atoms with Crippen molar-refractivity contribution >= 4 is 5.97 Å². The molecule has 6 nitrogen and oxygen atoms in total. The van der Waals surface area contributed by atoms with Crippen molar-refractivity contribution in [1.29, 1.82) is 0 Å². The molecular weight excluding hydrogens is 267 g/mol. The molecule has 0 unspecified atom stereocenters. The van der Waals surface area contributed by atoms with Crippen LogP contribution in [0.5, 0.6) is 0 Å². The quantitative estimate of drug-likeness (QED) is 0.907. The maximum Gasteiger partial charge on any atom is 0.437 e. The summed E-state index contributed by atoms with van der Waals surface area (Å²) in [5.74, 6) is -3.48. The summed E-state index contributed by atoms with van der Waals surface area (Å²) in [6.45, 7) is 1.60. The third kappa shape index (κ3) is 2.18. The van der Waals surface area contributed by atoms with Crippen LogP contribution in [0.3, 0.4) is 0 Å². The van der Waals surface area contributed by atoms with Gasteiger partial charge in [-0.15, -0.1) is 0 Å². The number of nitrogens with zero attached hydrogens (tertiary/aromatic N) is 3. The van der Waals surface area contributed by atoms with E-state index >= 15 is 0 Å². The van der Waals surface area contributed by atoms with E-state index in [-0.39, 0.29) is 5.56 Å². The Balaban J connectivity index is 2.62. The van der Waals surface area contributed by atoms with Crippen LogP contribution in [-0.2, 0) is 13.2 Å². The summed E-state index contributed by atoms with van der Waals surface area (Å²) in [7, 11) is 1.59. The van der Waals surface area contributed by atoms with Crippen molar-refractivity contribution in [2.75, 3.05) is 0 Å². The minimum Gasteiger partial charge on any atom is -0.475 e. The molecule has 1 N–H and O–H groups in total. The Morgan fingerprint density at radius 2 is 2.11 bits per heavy atom. The first-order valence-electron chi connectivity index (χ1n) is 5.02. The lowest BCUT2D eigenvalue weighted by Gasteiger charge is -2.00. The predicted octanol–water partition coefficient (Wildman–Crippen LogP) is 2.10. The van der Waals surface area contributed by atoms with Crippen LogP contribution in [0.25, 0.3) is 11.5 Å². The van der Waals surface area contributed by atoms with Crippen LogP contribution in [0, 0.1) is 6.92 Å². The van der Waals surface area contributed by atoms with Gasteiger partial charge >= 0.3 is 12.1 Å². The minimum atomic E-state index is -4.90. The van der Waals surface area contributed by atoms with E-state index in [1.807, 2.05) is 0 Å². The van der Waals surface area contributed by atoms with Crippen molar-refractivity contribution in [1.82, 2.24) is 14.8 Å². The SMILES string of the molecule is Cc1c(-c2nc(C(F)(F)F)c(C(=O)O)o2)cnn1C. The van der Waals surface area contributed by atoms with E-state index in [1.165, 1.54) is 10.9 Å². The number of hydrogen-bond donors (Lipinski definition) is 1.